The molecule has 1 saturated heterocycles. The van der Waals surface area contributed by atoms with Crippen LogP contribution in [0.25, 0.3) is 0 Å². The summed E-state index contributed by atoms with van der Waals surface area (Å²) in [5.74, 6) is 0.0269. The number of carbonyl (C=O) groups is 1. The standard InChI is InChI=1S/C10H9F2NO3/c11-9(12)15-7-4-2-1-3-6(7)8-5-13-10(14)16-8/h1-4,8-9H,5H2,(H,13,14). The van der Waals surface area contributed by atoms with Gasteiger partial charge in [-0.2, -0.15) is 8.78 Å². The number of benzene rings is 1. The van der Waals surface area contributed by atoms with Gasteiger partial charge in [-0.3, -0.25) is 0 Å². The van der Waals surface area contributed by atoms with Crippen molar-refractivity contribution in [3.05, 3.63) is 29.8 Å². The molecule has 0 saturated carbocycles. The summed E-state index contributed by atoms with van der Waals surface area (Å²) in [5, 5.41) is 2.44. The molecule has 6 heteroatoms. The Morgan fingerprint density at radius 2 is 2.19 bits per heavy atom. The third-order valence-electron chi connectivity index (χ3n) is 2.16. The molecule has 1 aliphatic rings. The molecule has 0 radical (unpaired) electrons. The van der Waals surface area contributed by atoms with Crippen molar-refractivity contribution in [1.29, 1.82) is 0 Å². The maximum absolute atomic E-state index is 12.1. The van der Waals surface area contributed by atoms with E-state index in [1.807, 2.05) is 0 Å². The summed E-state index contributed by atoms with van der Waals surface area (Å²) in [7, 11) is 0. The third kappa shape index (κ3) is 2.21. The first-order chi connectivity index (χ1) is 7.66. The van der Waals surface area contributed by atoms with Crippen LogP contribution in [0.4, 0.5) is 13.6 Å². The minimum atomic E-state index is -2.90. The molecule has 1 atom stereocenters. The molecule has 1 fully saturated rings. The highest BCUT2D eigenvalue weighted by Gasteiger charge is 2.27. The van der Waals surface area contributed by atoms with Gasteiger partial charge >= 0.3 is 12.7 Å². The number of amides is 1. The highest BCUT2D eigenvalue weighted by Crippen LogP contribution is 2.30. The average molecular weight is 229 g/mol. The van der Waals surface area contributed by atoms with Gasteiger partial charge in [-0.1, -0.05) is 18.2 Å². The number of rotatable bonds is 3. The van der Waals surface area contributed by atoms with Crippen LogP contribution in [0.2, 0.25) is 0 Å². The zero-order valence-corrected chi connectivity index (χ0v) is 8.15. The SMILES string of the molecule is O=C1NCC(c2ccccc2OC(F)F)O1. The van der Waals surface area contributed by atoms with Crippen LogP contribution in [0.5, 0.6) is 5.75 Å². The summed E-state index contributed by atoms with van der Waals surface area (Å²) in [6.45, 7) is -2.64. The van der Waals surface area contributed by atoms with Crippen LogP contribution in [0.1, 0.15) is 11.7 Å². The third-order valence-corrected chi connectivity index (χ3v) is 2.16. The zero-order chi connectivity index (χ0) is 11.5. The second kappa shape index (κ2) is 4.34. The Labute approximate surface area is 90.2 Å². The van der Waals surface area contributed by atoms with E-state index in [4.69, 9.17) is 4.74 Å². The molecule has 0 bridgehead atoms. The van der Waals surface area contributed by atoms with E-state index in [0.29, 0.717) is 5.56 Å². The molecule has 16 heavy (non-hydrogen) atoms. The predicted octanol–water partition coefficient (Wildman–Crippen LogP) is 2.07. The van der Waals surface area contributed by atoms with Gasteiger partial charge in [-0.05, 0) is 6.07 Å². The largest absolute Gasteiger partial charge is 0.439 e. The number of cyclic esters (lactones) is 1. The van der Waals surface area contributed by atoms with Crippen LogP contribution in [0.3, 0.4) is 0 Å². The smallest absolute Gasteiger partial charge is 0.407 e. The Bertz CT molecular complexity index is 397. The molecule has 1 unspecified atom stereocenters. The van der Waals surface area contributed by atoms with Gasteiger partial charge in [-0.15, -0.1) is 0 Å². The Balaban J connectivity index is 2.22. The summed E-state index contributed by atoms with van der Waals surface area (Å²) in [6, 6.07) is 6.24. The van der Waals surface area contributed by atoms with Gasteiger partial charge in [0.25, 0.3) is 0 Å². The number of halogens is 2. The van der Waals surface area contributed by atoms with Crippen molar-refractivity contribution in [3.8, 4) is 5.75 Å². The molecule has 0 aromatic heterocycles. The molecular weight excluding hydrogens is 220 g/mol. The molecule has 86 valence electrons. The maximum Gasteiger partial charge on any atom is 0.407 e. The Kier molecular flexibility index (Phi) is 2.89. The number of hydrogen-bond acceptors (Lipinski definition) is 3. The van der Waals surface area contributed by atoms with E-state index < -0.39 is 18.8 Å². The molecule has 1 aromatic rings. The Morgan fingerprint density at radius 1 is 1.44 bits per heavy atom. The van der Waals surface area contributed by atoms with Gasteiger partial charge in [0.05, 0.1) is 6.54 Å². The lowest BCUT2D eigenvalue weighted by Crippen LogP contribution is -2.13. The lowest BCUT2D eigenvalue weighted by atomic mass is 10.1. The van der Waals surface area contributed by atoms with E-state index in [0.717, 1.165) is 0 Å². The van der Waals surface area contributed by atoms with Crippen molar-refractivity contribution in [3.63, 3.8) is 0 Å². The molecule has 2 rings (SSSR count). The van der Waals surface area contributed by atoms with Gasteiger partial charge in [0, 0.05) is 5.56 Å². The van der Waals surface area contributed by atoms with Crippen LogP contribution >= 0.6 is 0 Å². The number of alkyl carbamates (subject to hydrolysis) is 1. The van der Waals surface area contributed by atoms with Crippen molar-refractivity contribution >= 4 is 6.09 Å². The normalized spacial score (nSPS) is 19.4. The number of carbonyl (C=O) groups excluding carboxylic acids is 1. The zero-order valence-electron chi connectivity index (χ0n) is 8.15. The molecule has 1 heterocycles. The highest BCUT2D eigenvalue weighted by molar-refractivity contribution is 5.70. The van der Waals surface area contributed by atoms with E-state index in [1.165, 1.54) is 6.07 Å². The fraction of sp³-hybridized carbons (Fsp3) is 0.300. The quantitative estimate of drug-likeness (QED) is 0.863. The number of nitrogens with one attached hydrogen (secondary N) is 1. The molecule has 0 spiro atoms. The monoisotopic (exact) mass is 229 g/mol. The van der Waals surface area contributed by atoms with Crippen LogP contribution in [-0.2, 0) is 4.74 Å². The first-order valence-electron chi connectivity index (χ1n) is 4.65. The van der Waals surface area contributed by atoms with Crippen molar-refractivity contribution in [1.82, 2.24) is 5.32 Å². The summed E-state index contributed by atoms with van der Waals surface area (Å²) < 4.78 is 33.5. The van der Waals surface area contributed by atoms with Gasteiger partial charge in [0.1, 0.15) is 11.9 Å². The number of ether oxygens (including phenoxy) is 2. The predicted molar refractivity (Wildman–Crippen MR) is 50.3 cm³/mol. The van der Waals surface area contributed by atoms with Crippen molar-refractivity contribution in [2.75, 3.05) is 6.54 Å². The summed E-state index contributed by atoms with van der Waals surface area (Å²) in [5.41, 5.74) is 0.432. The van der Waals surface area contributed by atoms with E-state index in [1.54, 1.807) is 18.2 Å². The number of para-hydroxylation sites is 1. The lowest BCUT2D eigenvalue weighted by Gasteiger charge is -2.13. The molecule has 0 aliphatic carbocycles. The fourth-order valence-electron chi connectivity index (χ4n) is 1.51. The summed E-state index contributed by atoms with van der Waals surface area (Å²) >= 11 is 0. The second-order valence-corrected chi connectivity index (χ2v) is 3.19. The van der Waals surface area contributed by atoms with E-state index in [2.05, 4.69) is 10.1 Å². The first kappa shape index (κ1) is 10.7. The van der Waals surface area contributed by atoms with E-state index in [9.17, 15) is 13.6 Å². The van der Waals surface area contributed by atoms with Gasteiger partial charge in [0.2, 0.25) is 0 Å². The molecule has 1 amide bonds. The van der Waals surface area contributed by atoms with Gasteiger partial charge in [0.15, 0.2) is 0 Å². The average Bonchev–Trinajstić information content (AvgIpc) is 2.65. The van der Waals surface area contributed by atoms with Crippen molar-refractivity contribution in [2.45, 2.75) is 12.7 Å². The molecule has 1 aromatic carbocycles. The van der Waals surface area contributed by atoms with Crippen molar-refractivity contribution in [2.24, 2.45) is 0 Å². The second-order valence-electron chi connectivity index (χ2n) is 3.19. The van der Waals surface area contributed by atoms with Crippen LogP contribution in [0, 0.1) is 0 Å². The molecular formula is C10H9F2NO3. The number of hydrogen-bond donors (Lipinski definition) is 1. The van der Waals surface area contributed by atoms with Crippen molar-refractivity contribution < 1.29 is 23.0 Å². The van der Waals surface area contributed by atoms with Gasteiger partial charge < -0.3 is 14.8 Å². The lowest BCUT2D eigenvalue weighted by molar-refractivity contribution is -0.0513. The topological polar surface area (TPSA) is 47.6 Å². The minimum Gasteiger partial charge on any atom is -0.439 e. The molecule has 4 nitrogen and oxygen atoms in total. The van der Waals surface area contributed by atoms with Crippen LogP contribution in [0.15, 0.2) is 24.3 Å². The Hall–Kier alpha value is -1.85. The summed E-state index contributed by atoms with van der Waals surface area (Å²) in [4.78, 5) is 10.8. The minimum absolute atomic E-state index is 0.0269. The fourth-order valence-corrected chi connectivity index (χ4v) is 1.51. The van der Waals surface area contributed by atoms with Gasteiger partial charge in [-0.25, -0.2) is 4.79 Å². The van der Waals surface area contributed by atoms with E-state index in [-0.39, 0.29) is 12.3 Å². The van der Waals surface area contributed by atoms with E-state index >= 15 is 0 Å². The number of alkyl halides is 2. The first-order valence-corrected chi connectivity index (χ1v) is 4.65. The van der Waals surface area contributed by atoms with Crippen LogP contribution < -0.4 is 10.1 Å². The highest BCUT2D eigenvalue weighted by atomic mass is 19.3. The summed E-state index contributed by atoms with van der Waals surface area (Å²) in [6.07, 6.45) is -1.14. The van der Waals surface area contributed by atoms with Crippen LogP contribution in [-0.4, -0.2) is 19.2 Å². The maximum atomic E-state index is 12.1. The molecule has 1 aliphatic heterocycles. The Morgan fingerprint density at radius 3 is 2.81 bits per heavy atom. The molecule has 1 N–H and O–H groups in total.